The number of carbonyl (C=O) groups is 1. The smallest absolute Gasteiger partial charge is 0.333 e. The summed E-state index contributed by atoms with van der Waals surface area (Å²) in [7, 11) is 0. The summed E-state index contributed by atoms with van der Waals surface area (Å²) in [6.45, 7) is 7.93. The van der Waals surface area contributed by atoms with E-state index in [-0.39, 0.29) is 6.61 Å². The molecular weight excluding hydrogens is 384 g/mol. The van der Waals surface area contributed by atoms with Gasteiger partial charge in [-0.15, -0.1) is 0 Å². The first-order chi connectivity index (χ1) is 15.2. The van der Waals surface area contributed by atoms with Crippen molar-refractivity contribution in [2.45, 2.75) is 71.6 Å². The molecule has 0 radical (unpaired) electrons. The van der Waals surface area contributed by atoms with Crippen molar-refractivity contribution in [3.8, 4) is 0 Å². The summed E-state index contributed by atoms with van der Waals surface area (Å²) < 4.78 is 10.1. The summed E-state index contributed by atoms with van der Waals surface area (Å²) in [5, 5.41) is 0. The molecule has 0 unspecified atom stereocenters. The van der Waals surface area contributed by atoms with E-state index in [1.807, 2.05) is 42.5 Å². The second kappa shape index (κ2) is 23.7. The van der Waals surface area contributed by atoms with Crippen molar-refractivity contribution in [1.82, 2.24) is 0 Å². The lowest BCUT2D eigenvalue weighted by Gasteiger charge is -2.03. The van der Waals surface area contributed by atoms with E-state index >= 15 is 0 Å². The molecule has 0 saturated heterocycles. The van der Waals surface area contributed by atoms with Gasteiger partial charge in [0.1, 0.15) is 13.2 Å². The Morgan fingerprint density at radius 3 is 1.81 bits per heavy atom. The lowest BCUT2D eigenvalue weighted by Crippen LogP contribution is -2.09. The van der Waals surface area contributed by atoms with Gasteiger partial charge >= 0.3 is 5.97 Å². The van der Waals surface area contributed by atoms with Gasteiger partial charge in [0.15, 0.2) is 0 Å². The van der Waals surface area contributed by atoms with Crippen molar-refractivity contribution in [2.75, 3.05) is 13.2 Å². The molecule has 0 aliphatic rings. The third-order valence-corrected chi connectivity index (χ3v) is 4.32. The molecule has 172 valence electrons. The van der Waals surface area contributed by atoms with Crippen LogP contribution in [0, 0.1) is 0 Å². The standard InChI is InChI=1S/C28H42O3/c1-4-5-6-7-8-9-10-11-12-13-14-15-16-17-18-19-20-21-22-23-24-30-25-26-31-28(29)27(2)3/h13-24H,2,4-12,25-26H2,1,3H3/b14-13+,16-15+,18-17+,20-19+,22-21+,24-23+. The van der Waals surface area contributed by atoms with Gasteiger partial charge in [0.2, 0.25) is 0 Å². The van der Waals surface area contributed by atoms with E-state index in [1.165, 1.54) is 57.8 Å². The highest BCUT2D eigenvalue weighted by Gasteiger charge is 2.01. The maximum atomic E-state index is 11.1. The zero-order valence-corrected chi connectivity index (χ0v) is 19.6. The number of carbonyl (C=O) groups excluding carboxylic acids is 1. The topological polar surface area (TPSA) is 35.5 Å². The van der Waals surface area contributed by atoms with Gasteiger partial charge in [0.25, 0.3) is 0 Å². The first-order valence-electron chi connectivity index (χ1n) is 11.6. The number of unbranched alkanes of at least 4 members (excludes halogenated alkanes) is 8. The van der Waals surface area contributed by atoms with E-state index in [0.29, 0.717) is 12.2 Å². The van der Waals surface area contributed by atoms with Gasteiger partial charge in [-0.05, 0) is 25.8 Å². The normalized spacial score (nSPS) is 12.5. The molecular formula is C28H42O3. The quantitative estimate of drug-likeness (QED) is 0.0691. The van der Waals surface area contributed by atoms with E-state index < -0.39 is 5.97 Å². The SMILES string of the molecule is C=C(C)C(=O)OCCO/C=C/C=C/C=C/C=C/C=C/C=C/CCCCCCCCCC. The number of allylic oxidation sites excluding steroid dienone is 11. The van der Waals surface area contributed by atoms with Gasteiger partial charge in [0.05, 0.1) is 6.26 Å². The Balaban J connectivity index is 3.59. The lowest BCUT2D eigenvalue weighted by molar-refractivity contribution is -0.139. The first kappa shape index (κ1) is 28.5. The Labute approximate surface area is 190 Å². The summed E-state index contributed by atoms with van der Waals surface area (Å²) in [5.74, 6) is -0.393. The molecule has 0 N–H and O–H groups in total. The minimum Gasteiger partial charge on any atom is -0.498 e. The van der Waals surface area contributed by atoms with Crippen LogP contribution in [0.3, 0.4) is 0 Å². The third-order valence-electron chi connectivity index (χ3n) is 4.32. The second-order valence-corrected chi connectivity index (χ2v) is 7.35. The molecule has 0 saturated carbocycles. The van der Waals surface area contributed by atoms with E-state index in [1.54, 1.807) is 19.3 Å². The Bertz CT molecular complexity index is 618. The molecule has 3 heteroatoms. The van der Waals surface area contributed by atoms with Crippen molar-refractivity contribution in [3.63, 3.8) is 0 Å². The van der Waals surface area contributed by atoms with E-state index in [4.69, 9.17) is 9.47 Å². The first-order valence-corrected chi connectivity index (χ1v) is 11.6. The molecule has 0 aromatic heterocycles. The van der Waals surface area contributed by atoms with Crippen LogP contribution in [-0.2, 0) is 14.3 Å². The molecule has 0 aromatic rings. The van der Waals surface area contributed by atoms with Crippen molar-refractivity contribution >= 4 is 5.97 Å². The highest BCUT2D eigenvalue weighted by molar-refractivity contribution is 5.86. The van der Waals surface area contributed by atoms with Crippen LogP contribution in [0.25, 0.3) is 0 Å². The molecule has 0 aromatic carbocycles. The fraction of sp³-hybridized carbons (Fsp3) is 0.464. The second-order valence-electron chi connectivity index (χ2n) is 7.35. The minimum absolute atomic E-state index is 0.215. The van der Waals surface area contributed by atoms with Crippen LogP contribution in [0.2, 0.25) is 0 Å². The van der Waals surface area contributed by atoms with Crippen molar-refractivity contribution < 1.29 is 14.3 Å². The Morgan fingerprint density at radius 1 is 0.710 bits per heavy atom. The average Bonchev–Trinajstić information content (AvgIpc) is 2.76. The maximum absolute atomic E-state index is 11.1. The van der Waals surface area contributed by atoms with Crippen molar-refractivity contribution in [3.05, 3.63) is 85.3 Å². The molecule has 0 fully saturated rings. The molecule has 0 rings (SSSR count). The van der Waals surface area contributed by atoms with Crippen LogP contribution in [0.4, 0.5) is 0 Å². The summed E-state index contributed by atoms with van der Waals surface area (Å²) in [6, 6.07) is 0. The van der Waals surface area contributed by atoms with Crippen LogP contribution in [0.1, 0.15) is 71.6 Å². The number of ether oxygens (including phenoxy) is 2. The lowest BCUT2D eigenvalue weighted by atomic mass is 10.1. The van der Waals surface area contributed by atoms with Gasteiger partial charge in [-0.2, -0.15) is 0 Å². The maximum Gasteiger partial charge on any atom is 0.333 e. The molecule has 0 bridgehead atoms. The summed E-state index contributed by atoms with van der Waals surface area (Å²) in [4.78, 5) is 11.1. The fourth-order valence-corrected chi connectivity index (χ4v) is 2.56. The summed E-state index contributed by atoms with van der Waals surface area (Å²) in [6.07, 6.45) is 35.7. The van der Waals surface area contributed by atoms with E-state index in [9.17, 15) is 4.79 Å². The summed E-state index contributed by atoms with van der Waals surface area (Å²) in [5.41, 5.74) is 0.389. The fourth-order valence-electron chi connectivity index (χ4n) is 2.56. The monoisotopic (exact) mass is 426 g/mol. The number of hydrogen-bond acceptors (Lipinski definition) is 3. The van der Waals surface area contributed by atoms with Crippen LogP contribution in [0.15, 0.2) is 85.3 Å². The number of esters is 1. The third kappa shape index (κ3) is 23.6. The van der Waals surface area contributed by atoms with Crippen LogP contribution < -0.4 is 0 Å². The molecule has 0 heterocycles. The zero-order chi connectivity index (χ0) is 22.8. The van der Waals surface area contributed by atoms with Crippen LogP contribution >= 0.6 is 0 Å². The predicted octanol–water partition coefficient (Wildman–Crippen LogP) is 7.95. The van der Waals surface area contributed by atoms with Gasteiger partial charge in [-0.1, -0.05) is 119 Å². The van der Waals surface area contributed by atoms with E-state index in [0.717, 1.165) is 0 Å². The Hall–Kier alpha value is -2.55. The predicted molar refractivity (Wildman–Crippen MR) is 134 cm³/mol. The molecule has 31 heavy (non-hydrogen) atoms. The van der Waals surface area contributed by atoms with Crippen molar-refractivity contribution in [2.24, 2.45) is 0 Å². The largest absolute Gasteiger partial charge is 0.498 e. The minimum atomic E-state index is -0.393. The highest BCUT2D eigenvalue weighted by atomic mass is 16.6. The number of hydrogen-bond donors (Lipinski definition) is 0. The molecule has 0 aliphatic carbocycles. The molecule has 3 nitrogen and oxygen atoms in total. The van der Waals surface area contributed by atoms with Crippen molar-refractivity contribution in [1.29, 1.82) is 0 Å². The zero-order valence-electron chi connectivity index (χ0n) is 19.6. The molecule has 0 atom stereocenters. The Morgan fingerprint density at radius 2 is 1.23 bits per heavy atom. The van der Waals surface area contributed by atoms with Gasteiger partial charge < -0.3 is 9.47 Å². The van der Waals surface area contributed by atoms with Gasteiger partial charge in [-0.3, -0.25) is 0 Å². The average molecular weight is 427 g/mol. The van der Waals surface area contributed by atoms with E-state index in [2.05, 4.69) is 31.7 Å². The highest BCUT2D eigenvalue weighted by Crippen LogP contribution is 2.09. The molecule has 0 spiro atoms. The molecule has 0 amide bonds. The van der Waals surface area contributed by atoms with Crippen LogP contribution in [0.5, 0.6) is 0 Å². The molecule has 0 aliphatic heterocycles. The Kier molecular flexibility index (Phi) is 21.8. The van der Waals surface area contributed by atoms with Crippen LogP contribution in [-0.4, -0.2) is 19.2 Å². The van der Waals surface area contributed by atoms with Gasteiger partial charge in [0, 0.05) is 5.57 Å². The number of rotatable bonds is 19. The van der Waals surface area contributed by atoms with Gasteiger partial charge in [-0.25, -0.2) is 4.79 Å². The summed E-state index contributed by atoms with van der Waals surface area (Å²) >= 11 is 0.